The number of hydrogen-bond acceptors (Lipinski definition) is 4. The fraction of sp³-hybridized carbons (Fsp3) is 0.941. The van der Waals surface area contributed by atoms with E-state index in [1.54, 1.807) is 0 Å². The van der Waals surface area contributed by atoms with E-state index in [0.717, 1.165) is 71.4 Å². The number of nitrogens with zero attached hydrogens (tertiary/aromatic N) is 1. The highest BCUT2D eigenvalue weighted by Crippen LogP contribution is 2.31. The summed E-state index contributed by atoms with van der Waals surface area (Å²) in [6.45, 7) is 4.65. The fourth-order valence-electron chi connectivity index (χ4n) is 4.38. The standard InChI is InChI=1S/C17H31N3O2.2ClH/c18-17(6-2-3-7-17)15(21)19-14-16(8-12-22-13-9-16)20-10-4-1-5-11-20;;/h1-14,18H2,(H,19,21);2*1H. The third-order valence-electron chi connectivity index (χ3n) is 5.98. The van der Waals surface area contributed by atoms with Crippen molar-refractivity contribution < 1.29 is 9.53 Å². The van der Waals surface area contributed by atoms with Gasteiger partial charge in [-0.25, -0.2) is 0 Å². The molecule has 0 spiro atoms. The molecular weight excluding hydrogens is 349 g/mol. The molecule has 2 saturated heterocycles. The number of ether oxygens (including phenoxy) is 1. The molecule has 1 amide bonds. The molecule has 5 nitrogen and oxygen atoms in total. The average Bonchev–Trinajstić information content (AvgIpc) is 3.02. The Morgan fingerprint density at radius 1 is 0.958 bits per heavy atom. The van der Waals surface area contributed by atoms with E-state index in [9.17, 15) is 4.79 Å². The predicted molar refractivity (Wildman–Crippen MR) is 101 cm³/mol. The van der Waals surface area contributed by atoms with E-state index < -0.39 is 5.54 Å². The number of carbonyl (C=O) groups is 1. The minimum Gasteiger partial charge on any atom is -0.381 e. The van der Waals surface area contributed by atoms with Gasteiger partial charge in [-0.3, -0.25) is 9.69 Å². The van der Waals surface area contributed by atoms with Gasteiger partial charge in [0, 0.05) is 25.3 Å². The molecule has 24 heavy (non-hydrogen) atoms. The number of nitrogens with one attached hydrogen (secondary N) is 1. The Hall–Kier alpha value is -0.0700. The lowest BCUT2D eigenvalue weighted by atomic mass is 9.85. The lowest BCUT2D eigenvalue weighted by molar-refractivity contribution is -0.127. The maximum atomic E-state index is 12.5. The van der Waals surface area contributed by atoms with Gasteiger partial charge in [-0.2, -0.15) is 0 Å². The van der Waals surface area contributed by atoms with Crippen molar-refractivity contribution in [3.63, 3.8) is 0 Å². The van der Waals surface area contributed by atoms with Crippen molar-refractivity contribution in [1.29, 1.82) is 0 Å². The van der Waals surface area contributed by atoms with Crippen LogP contribution >= 0.6 is 24.8 Å². The highest BCUT2D eigenvalue weighted by molar-refractivity contribution is 5.86. The monoisotopic (exact) mass is 381 g/mol. The van der Waals surface area contributed by atoms with E-state index in [1.165, 1.54) is 19.3 Å². The third-order valence-corrected chi connectivity index (χ3v) is 5.98. The van der Waals surface area contributed by atoms with Crippen LogP contribution in [0.15, 0.2) is 0 Å². The summed E-state index contributed by atoms with van der Waals surface area (Å²) < 4.78 is 5.58. The topological polar surface area (TPSA) is 67.6 Å². The smallest absolute Gasteiger partial charge is 0.240 e. The van der Waals surface area contributed by atoms with Gasteiger partial charge in [0.1, 0.15) is 0 Å². The second-order valence-electron chi connectivity index (χ2n) is 7.43. The number of nitrogens with two attached hydrogens (primary N) is 1. The van der Waals surface area contributed by atoms with E-state index in [2.05, 4.69) is 10.2 Å². The van der Waals surface area contributed by atoms with Crippen molar-refractivity contribution >= 4 is 30.7 Å². The van der Waals surface area contributed by atoms with E-state index in [-0.39, 0.29) is 36.3 Å². The molecule has 0 aromatic rings. The molecule has 3 aliphatic rings. The van der Waals surface area contributed by atoms with Crippen LogP contribution in [0.2, 0.25) is 0 Å². The minimum absolute atomic E-state index is 0. The Morgan fingerprint density at radius 2 is 1.54 bits per heavy atom. The number of amides is 1. The molecule has 3 N–H and O–H groups in total. The molecule has 0 radical (unpaired) electrons. The van der Waals surface area contributed by atoms with E-state index in [1.807, 2.05) is 0 Å². The fourth-order valence-corrected chi connectivity index (χ4v) is 4.38. The second-order valence-corrected chi connectivity index (χ2v) is 7.43. The number of hydrogen-bond donors (Lipinski definition) is 2. The molecule has 1 aliphatic carbocycles. The molecule has 0 bridgehead atoms. The molecule has 0 aromatic heterocycles. The van der Waals surface area contributed by atoms with Gasteiger partial charge in [0.2, 0.25) is 5.91 Å². The average molecular weight is 382 g/mol. The molecule has 3 fully saturated rings. The number of piperidine rings is 1. The summed E-state index contributed by atoms with van der Waals surface area (Å²) in [6, 6.07) is 0. The van der Waals surface area contributed by atoms with E-state index in [0.29, 0.717) is 0 Å². The zero-order valence-electron chi connectivity index (χ0n) is 14.6. The molecule has 7 heteroatoms. The first kappa shape index (κ1) is 22.0. The Morgan fingerprint density at radius 3 is 2.12 bits per heavy atom. The zero-order valence-corrected chi connectivity index (χ0v) is 16.2. The summed E-state index contributed by atoms with van der Waals surface area (Å²) in [5.41, 5.74) is 5.76. The van der Waals surface area contributed by atoms with Crippen LogP contribution in [0.4, 0.5) is 0 Å². The molecule has 3 rings (SSSR count). The molecule has 0 aromatic carbocycles. The molecule has 2 aliphatic heterocycles. The van der Waals surface area contributed by atoms with E-state index >= 15 is 0 Å². The van der Waals surface area contributed by atoms with Gasteiger partial charge >= 0.3 is 0 Å². The van der Waals surface area contributed by atoms with Crippen molar-refractivity contribution in [2.45, 2.75) is 68.9 Å². The Labute approximate surface area is 158 Å². The van der Waals surface area contributed by atoms with Crippen LogP contribution in [0, 0.1) is 0 Å². The SMILES string of the molecule is Cl.Cl.NC1(C(=O)NCC2(N3CCCCC3)CCOCC2)CCCC1. The van der Waals surface area contributed by atoms with Crippen molar-refractivity contribution in [2.75, 3.05) is 32.8 Å². The van der Waals surface area contributed by atoms with Crippen molar-refractivity contribution in [3.8, 4) is 0 Å². The summed E-state index contributed by atoms with van der Waals surface area (Å²) in [4.78, 5) is 15.2. The largest absolute Gasteiger partial charge is 0.381 e. The zero-order chi connectivity index (χ0) is 15.5. The molecular formula is C17H33Cl2N3O2. The first-order valence-electron chi connectivity index (χ1n) is 9.05. The summed E-state index contributed by atoms with van der Waals surface area (Å²) in [6.07, 6.45) is 9.74. The minimum atomic E-state index is -0.617. The normalized spacial score (nSPS) is 26.0. The highest BCUT2D eigenvalue weighted by Gasteiger charge is 2.42. The Kier molecular flexibility index (Phi) is 8.77. The lowest BCUT2D eigenvalue weighted by Crippen LogP contribution is -2.62. The quantitative estimate of drug-likeness (QED) is 0.783. The summed E-state index contributed by atoms with van der Waals surface area (Å²) in [5.74, 6) is 0.0628. The van der Waals surface area contributed by atoms with Crippen LogP contribution in [0.25, 0.3) is 0 Å². The molecule has 0 atom stereocenters. The highest BCUT2D eigenvalue weighted by atomic mass is 35.5. The number of carbonyl (C=O) groups excluding carboxylic acids is 1. The van der Waals surface area contributed by atoms with E-state index in [4.69, 9.17) is 10.5 Å². The first-order valence-corrected chi connectivity index (χ1v) is 9.05. The number of halogens is 2. The van der Waals surface area contributed by atoms with Gasteiger partial charge < -0.3 is 15.8 Å². The first-order chi connectivity index (χ1) is 10.6. The van der Waals surface area contributed by atoms with Crippen LogP contribution in [0.3, 0.4) is 0 Å². The summed E-state index contributed by atoms with van der Waals surface area (Å²) >= 11 is 0. The molecule has 1 saturated carbocycles. The van der Waals surface area contributed by atoms with Crippen LogP contribution in [0.1, 0.15) is 57.8 Å². The van der Waals surface area contributed by atoms with Crippen LogP contribution < -0.4 is 11.1 Å². The van der Waals surface area contributed by atoms with Gasteiger partial charge in [-0.15, -0.1) is 24.8 Å². The van der Waals surface area contributed by atoms with Crippen molar-refractivity contribution in [2.24, 2.45) is 5.73 Å². The molecule has 2 heterocycles. The summed E-state index contributed by atoms with van der Waals surface area (Å²) in [5, 5.41) is 3.21. The maximum Gasteiger partial charge on any atom is 0.240 e. The molecule has 142 valence electrons. The van der Waals surface area contributed by atoms with Gasteiger partial charge in [-0.05, 0) is 51.6 Å². The van der Waals surface area contributed by atoms with Crippen LogP contribution in [0.5, 0.6) is 0 Å². The lowest BCUT2D eigenvalue weighted by Gasteiger charge is -2.48. The molecule has 0 unspecified atom stereocenters. The van der Waals surface area contributed by atoms with Gasteiger partial charge in [-0.1, -0.05) is 19.3 Å². The Balaban J connectivity index is 0.00000144. The maximum absolute atomic E-state index is 12.5. The summed E-state index contributed by atoms with van der Waals surface area (Å²) in [7, 11) is 0. The van der Waals surface area contributed by atoms with Crippen LogP contribution in [-0.2, 0) is 9.53 Å². The Bertz CT molecular complexity index is 391. The number of likely N-dealkylation sites (tertiary alicyclic amines) is 1. The van der Waals surface area contributed by atoms with Crippen molar-refractivity contribution in [1.82, 2.24) is 10.2 Å². The van der Waals surface area contributed by atoms with Gasteiger partial charge in [0.15, 0.2) is 0 Å². The predicted octanol–water partition coefficient (Wildman–Crippen LogP) is 2.25. The van der Waals surface area contributed by atoms with Gasteiger partial charge in [0.25, 0.3) is 0 Å². The number of rotatable bonds is 4. The van der Waals surface area contributed by atoms with Gasteiger partial charge in [0.05, 0.1) is 5.54 Å². The van der Waals surface area contributed by atoms with Crippen LogP contribution in [-0.4, -0.2) is 54.7 Å². The second kappa shape index (κ2) is 9.58. The third kappa shape index (κ3) is 4.76. The van der Waals surface area contributed by atoms with Crippen molar-refractivity contribution in [3.05, 3.63) is 0 Å².